The fourth-order valence-electron chi connectivity index (χ4n) is 6.09. The Morgan fingerprint density at radius 2 is 2.08 bits per heavy atom. The van der Waals surface area contributed by atoms with Crippen LogP contribution in [0.25, 0.3) is 22.2 Å². The number of aromatic nitrogens is 3. The van der Waals surface area contributed by atoms with Gasteiger partial charge in [0.05, 0.1) is 30.5 Å². The number of hydrogen-bond acceptors (Lipinski definition) is 8. The van der Waals surface area contributed by atoms with Crippen molar-refractivity contribution in [2.45, 2.75) is 31.3 Å². The van der Waals surface area contributed by atoms with E-state index in [1.54, 1.807) is 6.20 Å². The number of nitrogens with one attached hydrogen (secondary N) is 2. The summed E-state index contributed by atoms with van der Waals surface area (Å²) in [6.45, 7) is 4.00. The second-order valence-corrected chi connectivity index (χ2v) is 10.2. The van der Waals surface area contributed by atoms with E-state index in [1.807, 2.05) is 30.2 Å². The molecule has 194 valence electrons. The normalized spacial score (nSPS) is 21.8. The monoisotopic (exact) mass is 508 g/mol. The first-order valence-corrected chi connectivity index (χ1v) is 13.2. The van der Waals surface area contributed by atoms with Crippen LogP contribution in [0, 0.1) is 16.7 Å². The quantitative estimate of drug-likeness (QED) is 0.471. The minimum Gasteiger partial charge on any atom is -0.394 e. The van der Waals surface area contributed by atoms with E-state index in [0.29, 0.717) is 30.9 Å². The first kappa shape index (κ1) is 24.3. The Balaban J connectivity index is 1.27. The van der Waals surface area contributed by atoms with Gasteiger partial charge in [-0.15, -0.1) is 0 Å². The summed E-state index contributed by atoms with van der Waals surface area (Å²) in [7, 11) is 1.88. The van der Waals surface area contributed by atoms with Crippen LogP contribution in [-0.2, 0) is 4.74 Å². The third-order valence-corrected chi connectivity index (χ3v) is 7.96. The van der Waals surface area contributed by atoms with Crippen molar-refractivity contribution in [2.75, 3.05) is 44.8 Å². The third-order valence-electron chi connectivity index (χ3n) is 7.96. The van der Waals surface area contributed by atoms with Gasteiger partial charge in [0, 0.05) is 74.7 Å². The second-order valence-electron chi connectivity index (χ2n) is 10.2. The Morgan fingerprint density at radius 3 is 2.74 bits per heavy atom. The highest BCUT2D eigenvalue weighted by Gasteiger charge is 2.40. The summed E-state index contributed by atoms with van der Waals surface area (Å²) in [6, 6.07) is 9.60. The minimum absolute atomic E-state index is 0.462. The van der Waals surface area contributed by atoms with Crippen LogP contribution >= 0.6 is 0 Å². The van der Waals surface area contributed by atoms with Crippen molar-refractivity contribution in [3.05, 3.63) is 65.8 Å². The van der Waals surface area contributed by atoms with Crippen LogP contribution in [0.15, 0.2) is 54.6 Å². The molecule has 3 aliphatic rings. The molecule has 2 unspecified atom stereocenters. The van der Waals surface area contributed by atoms with Gasteiger partial charge < -0.3 is 20.4 Å². The van der Waals surface area contributed by atoms with Crippen LogP contribution in [0.4, 0.5) is 5.82 Å². The number of pyridine rings is 2. The van der Waals surface area contributed by atoms with Crippen molar-refractivity contribution < 1.29 is 4.74 Å². The van der Waals surface area contributed by atoms with Gasteiger partial charge in [-0.25, -0.2) is 9.50 Å². The molecule has 2 saturated heterocycles. The maximum absolute atomic E-state index is 9.73. The van der Waals surface area contributed by atoms with Crippen molar-refractivity contribution in [1.29, 1.82) is 10.7 Å². The molecule has 2 N–H and O–H groups in total. The van der Waals surface area contributed by atoms with E-state index in [1.165, 1.54) is 24.6 Å². The van der Waals surface area contributed by atoms with E-state index in [2.05, 4.69) is 50.6 Å². The SMILES string of the molecule is CN/C=C(\C=N)CN1C2CCC1CN(c1ccc(-c3cc(C4=CCOCC4)cn4ncc(C#N)c34)cn1)C2. The zero-order chi connectivity index (χ0) is 26.1. The lowest BCUT2D eigenvalue weighted by atomic mass is 9.98. The summed E-state index contributed by atoms with van der Waals surface area (Å²) < 4.78 is 7.32. The molecule has 2 atom stereocenters. The van der Waals surface area contributed by atoms with Gasteiger partial charge in [-0.2, -0.15) is 10.4 Å². The zero-order valence-corrected chi connectivity index (χ0v) is 21.6. The van der Waals surface area contributed by atoms with E-state index in [-0.39, 0.29) is 0 Å². The molecule has 38 heavy (non-hydrogen) atoms. The first-order valence-electron chi connectivity index (χ1n) is 13.2. The topological polar surface area (TPSA) is 106 Å². The van der Waals surface area contributed by atoms with Crippen LogP contribution in [-0.4, -0.2) is 77.7 Å². The van der Waals surface area contributed by atoms with Crippen LogP contribution in [0.2, 0.25) is 0 Å². The van der Waals surface area contributed by atoms with Crippen molar-refractivity contribution >= 4 is 23.1 Å². The minimum atomic E-state index is 0.462. The molecule has 9 heteroatoms. The number of hydrogen-bond donors (Lipinski definition) is 2. The number of ether oxygens (including phenoxy) is 1. The molecule has 6 heterocycles. The molecule has 6 rings (SSSR count). The molecule has 3 aliphatic heterocycles. The van der Waals surface area contributed by atoms with Gasteiger partial charge in [-0.3, -0.25) is 4.90 Å². The zero-order valence-electron chi connectivity index (χ0n) is 21.6. The van der Waals surface area contributed by atoms with E-state index >= 15 is 0 Å². The van der Waals surface area contributed by atoms with Crippen LogP contribution in [0.1, 0.15) is 30.4 Å². The molecular weight excluding hydrogens is 476 g/mol. The standard InChI is InChI=1S/C29H32N8O/c1-32-13-20(11-30)16-36-25-3-4-26(36)19-35(18-25)28-5-2-22(14-33-28)27-10-23(21-6-8-38-9-7-21)17-37-29(27)24(12-31)15-34-37/h2,5-6,10-11,13-15,17,25-26,30,32H,3-4,7-9,16,18-19H2,1H3/b20-13+,30-11?. The van der Waals surface area contributed by atoms with Gasteiger partial charge in [0.2, 0.25) is 0 Å². The fraction of sp³-hybridized carbons (Fsp3) is 0.379. The molecule has 0 aliphatic carbocycles. The highest BCUT2D eigenvalue weighted by Crippen LogP contribution is 2.35. The molecule has 9 nitrogen and oxygen atoms in total. The van der Waals surface area contributed by atoms with Gasteiger partial charge >= 0.3 is 0 Å². The number of fused-ring (bicyclic) bond motifs is 3. The highest BCUT2D eigenvalue weighted by molar-refractivity contribution is 5.87. The Bertz CT molecular complexity index is 1430. The number of nitriles is 1. The van der Waals surface area contributed by atoms with Crippen LogP contribution in [0.3, 0.4) is 0 Å². The number of piperazine rings is 1. The molecule has 3 aromatic heterocycles. The van der Waals surface area contributed by atoms with Gasteiger partial charge in [0.1, 0.15) is 11.9 Å². The average Bonchev–Trinajstić information content (AvgIpc) is 3.48. The fourth-order valence-corrected chi connectivity index (χ4v) is 6.09. The number of nitrogens with zero attached hydrogens (tertiary/aromatic N) is 6. The van der Waals surface area contributed by atoms with Crippen LogP contribution in [0.5, 0.6) is 0 Å². The molecule has 0 aromatic carbocycles. The smallest absolute Gasteiger partial charge is 0.128 e. The average molecular weight is 509 g/mol. The van der Waals surface area contributed by atoms with Gasteiger partial charge in [0.25, 0.3) is 0 Å². The molecule has 0 amide bonds. The van der Waals surface area contributed by atoms with Gasteiger partial charge in [-0.05, 0) is 54.2 Å². The Morgan fingerprint density at radius 1 is 1.24 bits per heavy atom. The lowest BCUT2D eigenvalue weighted by molar-refractivity contribution is 0.161. The summed E-state index contributed by atoms with van der Waals surface area (Å²) in [4.78, 5) is 9.85. The largest absolute Gasteiger partial charge is 0.394 e. The summed E-state index contributed by atoms with van der Waals surface area (Å²) in [5.74, 6) is 0.983. The lowest BCUT2D eigenvalue weighted by Crippen LogP contribution is -2.54. The Kier molecular flexibility index (Phi) is 6.66. The molecule has 0 saturated carbocycles. The van der Waals surface area contributed by atoms with E-state index in [0.717, 1.165) is 59.7 Å². The van der Waals surface area contributed by atoms with E-state index in [4.69, 9.17) is 15.1 Å². The number of anilines is 1. The van der Waals surface area contributed by atoms with Crippen molar-refractivity contribution in [3.8, 4) is 17.2 Å². The molecule has 2 bridgehead atoms. The van der Waals surface area contributed by atoms with Crippen molar-refractivity contribution in [2.24, 2.45) is 0 Å². The predicted molar refractivity (Wildman–Crippen MR) is 148 cm³/mol. The van der Waals surface area contributed by atoms with Crippen LogP contribution < -0.4 is 10.2 Å². The lowest BCUT2D eigenvalue weighted by Gasteiger charge is -2.41. The Hall–Kier alpha value is -4.00. The van der Waals surface area contributed by atoms with Gasteiger partial charge in [0.15, 0.2) is 0 Å². The maximum atomic E-state index is 9.73. The third kappa shape index (κ3) is 4.46. The molecule has 3 aromatic rings. The highest BCUT2D eigenvalue weighted by atomic mass is 16.5. The van der Waals surface area contributed by atoms with Crippen molar-refractivity contribution in [3.63, 3.8) is 0 Å². The maximum Gasteiger partial charge on any atom is 0.128 e. The summed E-state index contributed by atoms with van der Waals surface area (Å²) in [5.41, 5.74) is 6.63. The van der Waals surface area contributed by atoms with E-state index in [9.17, 15) is 5.26 Å². The number of rotatable bonds is 7. The van der Waals surface area contributed by atoms with E-state index < -0.39 is 0 Å². The molecule has 2 fully saturated rings. The summed E-state index contributed by atoms with van der Waals surface area (Å²) >= 11 is 0. The van der Waals surface area contributed by atoms with Gasteiger partial charge in [-0.1, -0.05) is 6.08 Å². The predicted octanol–water partition coefficient (Wildman–Crippen LogP) is 3.48. The summed E-state index contributed by atoms with van der Waals surface area (Å²) in [5, 5.41) is 25.0. The second kappa shape index (κ2) is 10.4. The molecular formula is C29H32N8O. The van der Waals surface area contributed by atoms with Crippen molar-refractivity contribution in [1.82, 2.24) is 24.8 Å². The first-order chi connectivity index (χ1) is 18.7. The summed E-state index contributed by atoms with van der Waals surface area (Å²) in [6.07, 6.45) is 14.3. The Labute approximate surface area is 222 Å². The molecule has 0 spiro atoms. The molecule has 0 radical (unpaired) electrons.